The van der Waals surface area contributed by atoms with Gasteiger partial charge in [-0.05, 0) is 17.9 Å². The fourth-order valence-corrected chi connectivity index (χ4v) is 3.33. The molecule has 0 unspecified atom stereocenters. The summed E-state index contributed by atoms with van der Waals surface area (Å²) < 4.78 is 6.12. The van der Waals surface area contributed by atoms with E-state index in [1.807, 2.05) is 0 Å². The Hall–Kier alpha value is -1.63. The Morgan fingerprint density at radius 3 is 2.00 bits per heavy atom. The molecule has 2 heterocycles. The van der Waals surface area contributed by atoms with E-state index in [9.17, 15) is 0 Å². The van der Waals surface area contributed by atoms with Crippen molar-refractivity contribution < 1.29 is 4.65 Å². The lowest BCUT2D eigenvalue weighted by Crippen LogP contribution is -2.41. The van der Waals surface area contributed by atoms with E-state index in [4.69, 9.17) is 4.65 Å². The second-order valence-electron chi connectivity index (χ2n) is 5.41. The first-order valence-electron chi connectivity index (χ1n) is 6.71. The lowest BCUT2D eigenvalue weighted by Gasteiger charge is -2.10. The first kappa shape index (κ1) is 10.3. The van der Waals surface area contributed by atoms with Gasteiger partial charge in [-0.15, -0.1) is 0 Å². The second kappa shape index (κ2) is 3.94. The highest BCUT2D eigenvalue weighted by Gasteiger charge is 2.40. The summed E-state index contributed by atoms with van der Waals surface area (Å²) in [6, 6.07) is 17.3. The van der Waals surface area contributed by atoms with E-state index in [0.717, 1.165) is 12.1 Å². The maximum atomic E-state index is 6.12. The van der Waals surface area contributed by atoms with Gasteiger partial charge in [-0.3, -0.25) is 0 Å². The van der Waals surface area contributed by atoms with Gasteiger partial charge in [0, 0.05) is 0 Å². The van der Waals surface area contributed by atoms with Crippen LogP contribution in [0.4, 0.5) is 0 Å². The average Bonchev–Trinajstić information content (AvgIpc) is 3.02. The largest absolute Gasteiger partial charge is 0.568 e. The smallest absolute Gasteiger partial charge is 0.321 e. The molecule has 0 aliphatic carbocycles. The number of para-hydroxylation sites is 1. The minimum Gasteiger partial charge on any atom is -0.568 e. The van der Waals surface area contributed by atoms with Gasteiger partial charge >= 0.3 is 6.81 Å². The molecule has 0 saturated carbocycles. The van der Waals surface area contributed by atoms with Gasteiger partial charge in [0.25, 0.3) is 0 Å². The number of hydrogen-bond acceptors (Lipinski definition) is 1. The van der Waals surface area contributed by atoms with Crippen LogP contribution in [0.25, 0.3) is 0 Å². The van der Waals surface area contributed by atoms with E-state index in [1.54, 1.807) is 0 Å². The zero-order valence-electron chi connectivity index (χ0n) is 10.3. The summed E-state index contributed by atoms with van der Waals surface area (Å²) >= 11 is 0. The second-order valence-corrected chi connectivity index (χ2v) is 5.41. The van der Waals surface area contributed by atoms with E-state index < -0.39 is 0 Å². The molecule has 0 atom stereocenters. The Bertz CT molecular complexity index is 493. The van der Waals surface area contributed by atoms with Crippen LogP contribution in [0.15, 0.2) is 48.5 Å². The summed E-state index contributed by atoms with van der Waals surface area (Å²) in [6.45, 7) is 1.02. The third kappa shape index (κ3) is 1.58. The van der Waals surface area contributed by atoms with Gasteiger partial charge in [0.2, 0.25) is 0 Å². The van der Waals surface area contributed by atoms with Gasteiger partial charge in [0.1, 0.15) is 5.75 Å². The maximum Gasteiger partial charge on any atom is 0.321 e. The molecule has 86 valence electrons. The summed E-state index contributed by atoms with van der Waals surface area (Å²) in [7, 11) is 0. The number of rotatable bonds is 1. The van der Waals surface area contributed by atoms with Crippen LogP contribution in [0.1, 0.15) is 16.7 Å². The van der Waals surface area contributed by atoms with E-state index in [-0.39, 0.29) is 0 Å². The van der Waals surface area contributed by atoms with Crippen molar-refractivity contribution in [3.05, 3.63) is 65.2 Å². The number of fused-ring (bicyclic) bond motifs is 2. The highest BCUT2D eigenvalue weighted by Crippen LogP contribution is 2.31. The fourth-order valence-electron chi connectivity index (χ4n) is 3.33. The Morgan fingerprint density at radius 2 is 1.33 bits per heavy atom. The van der Waals surface area contributed by atoms with Crippen LogP contribution in [-0.4, -0.2) is 13.4 Å². The molecule has 1 nitrogen and oxygen atoms in total. The molecule has 18 heavy (non-hydrogen) atoms. The molecule has 2 aliphatic heterocycles. The van der Waals surface area contributed by atoms with Crippen molar-refractivity contribution in [3.8, 4) is 5.75 Å². The predicted octanol–water partition coefficient (Wildman–Crippen LogP) is 2.60. The standard InChI is InChI=1S/C15H14B2O/c1-2-6-13-10-16(9-12(13)5-1)17-11-14-7-3-4-8-15(14)18-17/h1-8H,9-11H2. The molecule has 2 aromatic carbocycles. The van der Waals surface area contributed by atoms with Crippen molar-refractivity contribution >= 4 is 13.4 Å². The van der Waals surface area contributed by atoms with Crippen molar-refractivity contribution in [2.75, 3.05) is 0 Å². The van der Waals surface area contributed by atoms with Crippen LogP contribution in [0.2, 0.25) is 0 Å². The van der Waals surface area contributed by atoms with Crippen LogP contribution in [0.5, 0.6) is 5.75 Å². The highest BCUT2D eigenvalue weighted by molar-refractivity contribution is 7.19. The molecule has 2 aromatic rings. The number of hydrogen-bond donors (Lipinski definition) is 0. The molecule has 4 rings (SSSR count). The first-order chi connectivity index (χ1) is 8.90. The van der Waals surface area contributed by atoms with Crippen LogP contribution >= 0.6 is 0 Å². The highest BCUT2D eigenvalue weighted by atomic mass is 16.4. The van der Waals surface area contributed by atoms with Gasteiger partial charge in [-0.1, -0.05) is 66.2 Å². The van der Waals surface area contributed by atoms with Crippen LogP contribution in [0.3, 0.4) is 0 Å². The molecule has 0 saturated heterocycles. The molecular weight excluding hydrogens is 218 g/mol. The van der Waals surface area contributed by atoms with Gasteiger partial charge in [-0.25, -0.2) is 0 Å². The van der Waals surface area contributed by atoms with Crippen molar-refractivity contribution in [1.29, 1.82) is 0 Å². The SMILES string of the molecule is c1ccc2c(c1)CB(B1Cc3ccccc3O1)C2. The lowest BCUT2D eigenvalue weighted by molar-refractivity contribution is 0.604. The molecular formula is C15H14B2O. The van der Waals surface area contributed by atoms with Gasteiger partial charge in [0.05, 0.1) is 0 Å². The predicted molar refractivity (Wildman–Crippen MR) is 76.1 cm³/mol. The molecule has 0 N–H and O–H groups in total. The van der Waals surface area contributed by atoms with Crippen molar-refractivity contribution in [2.24, 2.45) is 0 Å². The maximum absolute atomic E-state index is 6.12. The first-order valence-corrected chi connectivity index (χ1v) is 6.71. The van der Waals surface area contributed by atoms with E-state index in [0.29, 0.717) is 13.4 Å². The van der Waals surface area contributed by atoms with Gasteiger partial charge in [-0.2, -0.15) is 0 Å². The molecule has 0 fully saturated rings. The minimum atomic E-state index is 0.370. The average molecular weight is 232 g/mol. The normalized spacial score (nSPS) is 16.4. The summed E-state index contributed by atoms with van der Waals surface area (Å²) in [6.07, 6.45) is 3.43. The fraction of sp³-hybridized carbons (Fsp3) is 0.200. The summed E-state index contributed by atoms with van der Waals surface area (Å²) in [5, 5.41) is 0. The molecule has 0 bridgehead atoms. The Labute approximate surface area is 108 Å². The molecule has 3 heteroatoms. The zero-order valence-corrected chi connectivity index (χ0v) is 10.3. The summed E-state index contributed by atoms with van der Waals surface area (Å²) in [5.41, 5.74) is 4.41. The Balaban J connectivity index is 1.56. The third-order valence-electron chi connectivity index (χ3n) is 4.28. The van der Waals surface area contributed by atoms with Crippen LogP contribution in [-0.2, 0) is 19.0 Å². The van der Waals surface area contributed by atoms with E-state index in [1.165, 1.54) is 29.3 Å². The van der Waals surface area contributed by atoms with Crippen molar-refractivity contribution in [1.82, 2.24) is 0 Å². The van der Waals surface area contributed by atoms with Gasteiger partial charge < -0.3 is 4.65 Å². The van der Waals surface area contributed by atoms with Crippen LogP contribution < -0.4 is 4.65 Å². The molecule has 0 spiro atoms. The number of benzene rings is 2. The lowest BCUT2D eigenvalue weighted by atomic mass is 9.14. The third-order valence-corrected chi connectivity index (χ3v) is 4.28. The minimum absolute atomic E-state index is 0.370. The van der Waals surface area contributed by atoms with E-state index in [2.05, 4.69) is 48.5 Å². The van der Waals surface area contributed by atoms with Crippen molar-refractivity contribution in [3.63, 3.8) is 0 Å². The molecule has 0 aromatic heterocycles. The van der Waals surface area contributed by atoms with Crippen LogP contribution in [0, 0.1) is 0 Å². The Kier molecular flexibility index (Phi) is 2.26. The zero-order chi connectivity index (χ0) is 11.9. The molecule has 0 radical (unpaired) electrons. The van der Waals surface area contributed by atoms with Gasteiger partial charge in [0.15, 0.2) is 6.60 Å². The molecule has 2 aliphatic rings. The van der Waals surface area contributed by atoms with Crippen molar-refractivity contribution in [2.45, 2.75) is 19.0 Å². The summed E-state index contributed by atoms with van der Waals surface area (Å²) in [5.74, 6) is 1.10. The summed E-state index contributed by atoms with van der Waals surface area (Å²) in [4.78, 5) is 0. The monoisotopic (exact) mass is 232 g/mol. The molecule has 0 amide bonds. The van der Waals surface area contributed by atoms with E-state index >= 15 is 0 Å². The quantitative estimate of drug-likeness (QED) is 0.686. The Morgan fingerprint density at radius 1 is 0.722 bits per heavy atom. The topological polar surface area (TPSA) is 9.23 Å².